The summed E-state index contributed by atoms with van der Waals surface area (Å²) in [6, 6.07) is 79.2. The molecule has 0 bridgehead atoms. The lowest BCUT2D eigenvalue weighted by atomic mass is 9.96. The maximum absolute atomic E-state index is 5.22. The van der Waals surface area contributed by atoms with Crippen LogP contribution in [0.2, 0.25) is 0 Å². The average molecular weight is 796 g/mol. The summed E-state index contributed by atoms with van der Waals surface area (Å²) in [5.74, 6) is 1.88. The lowest BCUT2D eigenvalue weighted by molar-refractivity contribution is 1.07. The molecule has 286 valence electrons. The van der Waals surface area contributed by atoms with Crippen molar-refractivity contribution in [2.75, 3.05) is 0 Å². The van der Waals surface area contributed by atoms with Crippen molar-refractivity contribution < 1.29 is 0 Å². The van der Waals surface area contributed by atoms with E-state index in [1.165, 1.54) is 42.4 Å². The molecule has 4 heteroatoms. The number of aromatic nitrogens is 3. The monoisotopic (exact) mass is 795 g/mol. The molecule has 61 heavy (non-hydrogen) atoms. The van der Waals surface area contributed by atoms with Gasteiger partial charge < -0.3 is 0 Å². The second kappa shape index (κ2) is 15.8. The van der Waals surface area contributed by atoms with E-state index >= 15 is 0 Å². The zero-order valence-electron chi connectivity index (χ0n) is 33.1. The summed E-state index contributed by atoms with van der Waals surface area (Å²) in [5, 5.41) is 2.63. The number of nitrogens with zero attached hydrogens (tertiary/aromatic N) is 3. The maximum atomic E-state index is 5.22. The topological polar surface area (TPSA) is 38.7 Å². The Morgan fingerprint density at radius 3 is 1.26 bits per heavy atom. The number of thiophene rings is 1. The molecule has 0 saturated carbocycles. The molecule has 0 aliphatic carbocycles. The Balaban J connectivity index is 0.972. The highest BCUT2D eigenvalue weighted by Gasteiger charge is 2.18. The van der Waals surface area contributed by atoms with Crippen LogP contribution in [-0.2, 0) is 0 Å². The van der Waals surface area contributed by atoms with Crippen molar-refractivity contribution >= 4 is 31.5 Å². The van der Waals surface area contributed by atoms with Gasteiger partial charge in [0.15, 0.2) is 17.5 Å². The fourth-order valence-electron chi connectivity index (χ4n) is 8.37. The second-order valence-electron chi connectivity index (χ2n) is 15.1. The predicted molar refractivity (Wildman–Crippen MR) is 256 cm³/mol. The predicted octanol–water partition coefficient (Wildman–Crippen LogP) is 15.6. The van der Waals surface area contributed by atoms with Gasteiger partial charge in [0.1, 0.15) is 0 Å². The third-order valence-electron chi connectivity index (χ3n) is 11.4. The van der Waals surface area contributed by atoms with E-state index in [-0.39, 0.29) is 0 Å². The molecule has 2 aromatic heterocycles. The first kappa shape index (κ1) is 36.3. The van der Waals surface area contributed by atoms with E-state index in [9.17, 15) is 0 Å². The van der Waals surface area contributed by atoms with Crippen LogP contribution in [0.1, 0.15) is 0 Å². The minimum atomic E-state index is 0.620. The Morgan fingerprint density at radius 2 is 0.656 bits per heavy atom. The Hall–Kier alpha value is -7.79. The first-order valence-electron chi connectivity index (χ1n) is 20.5. The van der Waals surface area contributed by atoms with Crippen LogP contribution in [0.5, 0.6) is 0 Å². The molecule has 11 rings (SSSR count). The van der Waals surface area contributed by atoms with Gasteiger partial charge in [-0.25, -0.2) is 15.0 Å². The maximum Gasteiger partial charge on any atom is 0.164 e. The summed E-state index contributed by atoms with van der Waals surface area (Å²) in [5.41, 5.74) is 14.2. The lowest BCUT2D eigenvalue weighted by Crippen LogP contribution is -2.02. The fourth-order valence-corrected chi connectivity index (χ4v) is 9.61. The summed E-state index contributed by atoms with van der Waals surface area (Å²) >= 11 is 1.87. The smallest absolute Gasteiger partial charge is 0.164 e. The third kappa shape index (κ3) is 6.99. The quantitative estimate of drug-likeness (QED) is 0.154. The zero-order chi connectivity index (χ0) is 40.5. The van der Waals surface area contributed by atoms with E-state index in [0.717, 1.165) is 50.1 Å². The summed E-state index contributed by atoms with van der Waals surface area (Å²) < 4.78 is 2.65. The molecule has 0 N–H and O–H groups in total. The van der Waals surface area contributed by atoms with Crippen LogP contribution in [0.3, 0.4) is 0 Å². The van der Waals surface area contributed by atoms with Crippen LogP contribution in [0.25, 0.3) is 110 Å². The van der Waals surface area contributed by atoms with Crippen LogP contribution in [0, 0.1) is 0 Å². The van der Waals surface area contributed by atoms with Gasteiger partial charge >= 0.3 is 0 Å². The van der Waals surface area contributed by atoms with Crippen molar-refractivity contribution in [3.05, 3.63) is 224 Å². The summed E-state index contributed by atoms with van der Waals surface area (Å²) in [6.07, 6.45) is 0. The van der Waals surface area contributed by atoms with Crippen LogP contribution in [0.4, 0.5) is 0 Å². The molecular weight excluding hydrogens is 759 g/mol. The molecule has 0 aliphatic rings. The van der Waals surface area contributed by atoms with Gasteiger partial charge in [0.25, 0.3) is 0 Å². The van der Waals surface area contributed by atoms with Crippen molar-refractivity contribution in [2.24, 2.45) is 0 Å². The van der Waals surface area contributed by atoms with E-state index < -0.39 is 0 Å². The van der Waals surface area contributed by atoms with Crippen molar-refractivity contribution in [1.29, 1.82) is 0 Å². The van der Waals surface area contributed by atoms with Gasteiger partial charge in [0.05, 0.1) is 0 Å². The lowest BCUT2D eigenvalue weighted by Gasteiger charge is -2.14. The highest BCUT2D eigenvalue weighted by atomic mass is 32.1. The van der Waals surface area contributed by atoms with Gasteiger partial charge in [-0.3, -0.25) is 0 Å². The first-order valence-corrected chi connectivity index (χ1v) is 21.3. The highest BCUT2D eigenvalue weighted by Crippen LogP contribution is 2.41. The van der Waals surface area contributed by atoms with Crippen molar-refractivity contribution in [3.8, 4) is 89.8 Å². The van der Waals surface area contributed by atoms with Gasteiger partial charge in [-0.2, -0.15) is 0 Å². The van der Waals surface area contributed by atoms with Gasteiger partial charge in [0.2, 0.25) is 0 Å². The normalized spacial score (nSPS) is 11.3. The van der Waals surface area contributed by atoms with Crippen LogP contribution in [-0.4, -0.2) is 15.0 Å². The summed E-state index contributed by atoms with van der Waals surface area (Å²) in [6.45, 7) is 0. The second-order valence-corrected chi connectivity index (χ2v) is 16.2. The number of fused-ring (bicyclic) bond motifs is 3. The van der Waals surface area contributed by atoms with E-state index in [0.29, 0.717) is 17.5 Å². The Morgan fingerprint density at radius 1 is 0.246 bits per heavy atom. The van der Waals surface area contributed by atoms with E-state index in [1.54, 1.807) is 0 Å². The summed E-state index contributed by atoms with van der Waals surface area (Å²) in [4.78, 5) is 15.7. The fraction of sp³-hybridized carbons (Fsp3) is 0. The number of rotatable bonds is 8. The highest BCUT2D eigenvalue weighted by molar-refractivity contribution is 7.26. The molecule has 0 aliphatic heterocycles. The Kier molecular flexibility index (Phi) is 9.38. The Bertz CT molecular complexity index is 3250. The Labute approximate surface area is 359 Å². The molecular formula is C57H37N3S. The van der Waals surface area contributed by atoms with Crippen LogP contribution < -0.4 is 0 Å². The zero-order valence-corrected chi connectivity index (χ0v) is 33.9. The molecule has 0 unspecified atom stereocenters. The standard InChI is InChI=1S/C57H37N3S/c1-3-16-40(17-4-1)46-24-7-9-27-51(46)56-58-55(59-57(60-56)52-28-10-8-25-47(52)41-18-5-2-6-19-41)45-23-14-21-43(37-45)39-34-32-38(33-35-39)42-20-13-22-44(36-42)48-29-15-30-50-49-26-11-12-31-53(49)61-54(48)50/h1-37H. The van der Waals surface area contributed by atoms with Gasteiger partial charge in [-0.1, -0.05) is 206 Å². The molecule has 9 aromatic carbocycles. The minimum absolute atomic E-state index is 0.620. The van der Waals surface area contributed by atoms with E-state index in [4.69, 9.17) is 15.0 Å². The number of benzene rings is 9. The summed E-state index contributed by atoms with van der Waals surface area (Å²) in [7, 11) is 0. The third-order valence-corrected chi connectivity index (χ3v) is 12.6. The first-order chi connectivity index (χ1) is 30.2. The van der Waals surface area contributed by atoms with Gasteiger partial charge in [-0.05, 0) is 73.8 Å². The van der Waals surface area contributed by atoms with Crippen molar-refractivity contribution in [3.63, 3.8) is 0 Å². The molecule has 0 amide bonds. The molecule has 0 saturated heterocycles. The molecule has 3 nitrogen and oxygen atoms in total. The van der Waals surface area contributed by atoms with E-state index in [2.05, 4.69) is 212 Å². The average Bonchev–Trinajstić information content (AvgIpc) is 3.74. The van der Waals surface area contributed by atoms with Crippen LogP contribution >= 0.6 is 11.3 Å². The van der Waals surface area contributed by atoms with Gasteiger partial charge in [0, 0.05) is 36.9 Å². The van der Waals surface area contributed by atoms with Crippen LogP contribution in [0.15, 0.2) is 224 Å². The SMILES string of the molecule is c1ccc(-c2ccccc2-c2nc(-c3cccc(-c4ccc(-c5cccc(-c6cccc7c6sc6ccccc67)c5)cc4)c3)nc(-c3ccccc3-c3ccccc3)n2)cc1. The molecule has 11 aromatic rings. The molecule has 0 atom stereocenters. The molecule has 0 radical (unpaired) electrons. The largest absolute Gasteiger partial charge is 0.208 e. The molecule has 0 spiro atoms. The molecule has 0 fully saturated rings. The minimum Gasteiger partial charge on any atom is -0.208 e. The van der Waals surface area contributed by atoms with Gasteiger partial charge in [-0.15, -0.1) is 11.3 Å². The number of hydrogen-bond donors (Lipinski definition) is 0. The molecule has 2 heterocycles. The van der Waals surface area contributed by atoms with Crippen molar-refractivity contribution in [1.82, 2.24) is 15.0 Å². The number of hydrogen-bond acceptors (Lipinski definition) is 4. The van der Waals surface area contributed by atoms with Crippen molar-refractivity contribution in [2.45, 2.75) is 0 Å². The van der Waals surface area contributed by atoms with E-state index in [1.807, 2.05) is 23.5 Å².